The van der Waals surface area contributed by atoms with Crippen LogP contribution in [0.5, 0.6) is 0 Å². The smallest absolute Gasteiger partial charge is 0.123 e. The maximum absolute atomic E-state index is 6.92. The molecule has 0 aromatic heterocycles. The second-order valence-electron chi connectivity index (χ2n) is 18.7. The van der Waals surface area contributed by atoms with Crippen LogP contribution in [0.3, 0.4) is 0 Å². The molecule has 8 fully saturated rings. The van der Waals surface area contributed by atoms with Gasteiger partial charge in [0.15, 0.2) is 0 Å². The minimum Gasteiger partial charge on any atom is -0.496 e. The van der Waals surface area contributed by atoms with Crippen molar-refractivity contribution in [2.75, 3.05) is 14.2 Å². The van der Waals surface area contributed by atoms with Crippen molar-refractivity contribution in [1.29, 1.82) is 0 Å². The summed E-state index contributed by atoms with van der Waals surface area (Å²) in [7, 11) is 3.54. The molecule has 1 aromatic carbocycles. The Labute approximate surface area is 282 Å². The summed E-state index contributed by atoms with van der Waals surface area (Å²) in [6.45, 7) is 14.7. The van der Waals surface area contributed by atoms with Crippen molar-refractivity contribution in [2.45, 2.75) is 152 Å². The van der Waals surface area contributed by atoms with Crippen LogP contribution in [0.2, 0.25) is 0 Å². The Morgan fingerprint density at radius 3 is 1.52 bits per heavy atom. The van der Waals surface area contributed by atoms with Gasteiger partial charge < -0.3 is 9.47 Å². The lowest BCUT2D eigenvalue weighted by Crippen LogP contribution is -2.64. The van der Waals surface area contributed by atoms with E-state index in [1.165, 1.54) is 99.3 Å². The number of hydrogen-bond donors (Lipinski definition) is 0. The molecule has 2 unspecified atom stereocenters. The molecule has 1 aromatic rings. The number of methoxy groups -OCH3 is 2. The van der Waals surface area contributed by atoms with Gasteiger partial charge >= 0.3 is 0 Å². The summed E-state index contributed by atoms with van der Waals surface area (Å²) in [5, 5.41) is 0.869. The van der Waals surface area contributed by atoms with Crippen LogP contribution < -0.4 is 0 Å². The first-order valence-corrected chi connectivity index (χ1v) is 20.8. The van der Waals surface area contributed by atoms with Gasteiger partial charge in [0.05, 0.1) is 18.4 Å². The summed E-state index contributed by atoms with van der Waals surface area (Å²) < 4.78 is 13.5. The zero-order valence-electron chi connectivity index (χ0n) is 30.4. The molecule has 9 aliphatic carbocycles. The van der Waals surface area contributed by atoms with Gasteiger partial charge in [0.1, 0.15) is 5.76 Å². The van der Waals surface area contributed by atoms with E-state index in [0.717, 1.165) is 41.3 Å². The standard InChI is InChI=1S/C43H63O2P/c1-26(2)35-9-10-36(37(19-35)27(3)4)40-38(44-7)11-12-39(45-8)43(40,28(5)6)46(41-20-29-13-30(21-41)15-31(14-29)22-41)42-23-32-16-33(24-42)18-34(17-32)25-42/h9-12,19,26-34,39H,13-18,20-25H2,1-8H3. The molecule has 2 atom stereocenters. The van der Waals surface area contributed by atoms with Crippen molar-refractivity contribution in [2.24, 2.45) is 41.4 Å². The maximum atomic E-state index is 6.92. The zero-order chi connectivity index (χ0) is 32.2. The van der Waals surface area contributed by atoms with Crippen molar-refractivity contribution >= 4 is 13.5 Å². The Balaban J connectivity index is 1.43. The molecule has 8 saturated carbocycles. The molecule has 0 amide bonds. The molecule has 9 aliphatic rings. The quantitative estimate of drug-likeness (QED) is 0.250. The van der Waals surface area contributed by atoms with E-state index in [4.69, 9.17) is 9.47 Å². The third-order valence-electron chi connectivity index (χ3n) is 14.8. The molecule has 0 N–H and O–H groups in total. The lowest BCUT2D eigenvalue weighted by Gasteiger charge is -2.72. The third-order valence-corrected chi connectivity index (χ3v) is 19.5. The second-order valence-corrected chi connectivity index (χ2v) is 22.0. The second kappa shape index (κ2) is 11.5. The molecule has 3 heteroatoms. The van der Waals surface area contributed by atoms with Gasteiger partial charge in [-0.1, -0.05) is 73.7 Å². The highest BCUT2D eigenvalue weighted by Gasteiger charge is 2.70. The normalized spacial score (nSPS) is 43.1. The van der Waals surface area contributed by atoms with E-state index >= 15 is 0 Å². The number of ether oxygens (including phenoxy) is 2. The molecule has 10 rings (SSSR count). The first-order valence-electron chi connectivity index (χ1n) is 19.5. The third kappa shape index (κ3) is 4.67. The van der Waals surface area contributed by atoms with Crippen LogP contribution in [0.4, 0.5) is 0 Å². The van der Waals surface area contributed by atoms with Gasteiger partial charge in [-0.25, -0.2) is 0 Å². The summed E-state index contributed by atoms with van der Waals surface area (Å²) in [5.41, 5.74) is 5.98. The summed E-state index contributed by atoms with van der Waals surface area (Å²) >= 11 is 0. The van der Waals surface area contributed by atoms with Crippen molar-refractivity contribution in [1.82, 2.24) is 0 Å². The van der Waals surface area contributed by atoms with E-state index in [1.54, 1.807) is 0 Å². The minimum absolute atomic E-state index is 0.0789. The van der Waals surface area contributed by atoms with Crippen LogP contribution in [0, 0.1) is 41.4 Å². The number of benzene rings is 1. The van der Waals surface area contributed by atoms with Crippen molar-refractivity contribution in [3.05, 3.63) is 52.8 Å². The first-order chi connectivity index (χ1) is 22.0. The van der Waals surface area contributed by atoms with Gasteiger partial charge in [0.2, 0.25) is 0 Å². The molecule has 0 saturated heterocycles. The fourth-order valence-corrected chi connectivity index (χ4v) is 20.9. The monoisotopic (exact) mass is 642 g/mol. The number of allylic oxidation sites excluding steroid dienone is 1. The topological polar surface area (TPSA) is 18.5 Å². The van der Waals surface area contributed by atoms with Gasteiger partial charge in [0, 0.05) is 12.7 Å². The van der Waals surface area contributed by atoms with Crippen LogP contribution in [0.1, 0.15) is 147 Å². The Kier molecular flexibility index (Phi) is 8.01. The summed E-state index contributed by atoms with van der Waals surface area (Å²) in [6, 6.07) is 7.55. The Bertz CT molecular complexity index is 1280. The highest BCUT2D eigenvalue weighted by atomic mass is 31.1. The van der Waals surface area contributed by atoms with E-state index < -0.39 is 7.92 Å². The molecule has 46 heavy (non-hydrogen) atoms. The van der Waals surface area contributed by atoms with E-state index in [1.807, 2.05) is 14.2 Å². The van der Waals surface area contributed by atoms with Crippen molar-refractivity contribution in [3.63, 3.8) is 0 Å². The van der Waals surface area contributed by atoms with Crippen LogP contribution in [-0.4, -0.2) is 35.8 Å². The van der Waals surface area contributed by atoms with Crippen LogP contribution in [0.15, 0.2) is 36.1 Å². The summed E-state index contributed by atoms with van der Waals surface area (Å²) in [5.74, 6) is 8.30. The lowest BCUT2D eigenvalue weighted by molar-refractivity contribution is 0.0130. The van der Waals surface area contributed by atoms with Crippen LogP contribution in [-0.2, 0) is 9.47 Å². The Hall–Kier alpha value is -1.11. The largest absolute Gasteiger partial charge is 0.496 e. The van der Waals surface area contributed by atoms with E-state index in [-0.39, 0.29) is 11.3 Å². The number of hydrogen-bond acceptors (Lipinski definition) is 2. The van der Waals surface area contributed by atoms with Crippen molar-refractivity contribution in [3.8, 4) is 0 Å². The molecule has 2 nitrogen and oxygen atoms in total. The lowest BCUT2D eigenvalue weighted by atomic mass is 9.55. The molecule has 0 spiro atoms. The van der Waals surface area contributed by atoms with Crippen LogP contribution >= 0.6 is 7.92 Å². The Morgan fingerprint density at radius 1 is 0.674 bits per heavy atom. The summed E-state index contributed by atoms with van der Waals surface area (Å²) in [6.07, 6.45) is 23.0. The van der Waals surface area contributed by atoms with E-state index in [9.17, 15) is 0 Å². The van der Waals surface area contributed by atoms with E-state index in [0.29, 0.717) is 28.1 Å². The highest BCUT2D eigenvalue weighted by Crippen LogP contribution is 2.86. The molecule has 0 heterocycles. The van der Waals surface area contributed by atoms with E-state index in [2.05, 4.69) is 71.9 Å². The molecule has 0 radical (unpaired) electrons. The SMILES string of the molecule is COC1=C(c2ccc(C(C)C)cc2C(C)C)C(C(C)C)(P(C23CC4CC(CC(C4)C2)C3)C23CC4CC(CC(C4)C2)C3)C(OC)C=C1. The average molecular weight is 643 g/mol. The molecule has 0 aliphatic heterocycles. The Morgan fingerprint density at radius 2 is 1.15 bits per heavy atom. The van der Waals surface area contributed by atoms with Gasteiger partial charge in [-0.15, -0.1) is 0 Å². The molecular weight excluding hydrogens is 579 g/mol. The zero-order valence-corrected chi connectivity index (χ0v) is 31.3. The fourth-order valence-electron chi connectivity index (χ4n) is 14.2. The molecular formula is C43H63O2P. The molecule has 8 bridgehead atoms. The van der Waals surface area contributed by atoms with Gasteiger partial charge in [0.25, 0.3) is 0 Å². The maximum Gasteiger partial charge on any atom is 0.123 e. The van der Waals surface area contributed by atoms with Crippen LogP contribution in [0.25, 0.3) is 5.57 Å². The van der Waals surface area contributed by atoms with Gasteiger partial charge in [-0.05, 0) is 163 Å². The predicted octanol–water partition coefficient (Wildman–Crippen LogP) is 11.7. The fraction of sp³-hybridized carbons (Fsp3) is 0.767. The molecule has 252 valence electrons. The van der Waals surface area contributed by atoms with Gasteiger partial charge in [-0.3, -0.25) is 0 Å². The van der Waals surface area contributed by atoms with Gasteiger partial charge in [-0.2, -0.15) is 0 Å². The number of rotatable bonds is 9. The predicted molar refractivity (Wildman–Crippen MR) is 195 cm³/mol. The highest BCUT2D eigenvalue weighted by molar-refractivity contribution is 7.63. The average Bonchev–Trinajstić information content (AvgIpc) is 2.98. The first kappa shape index (κ1) is 32.1. The minimum atomic E-state index is -0.457. The van der Waals surface area contributed by atoms with Crippen molar-refractivity contribution < 1.29 is 9.47 Å². The summed E-state index contributed by atoms with van der Waals surface area (Å²) in [4.78, 5) is 0.